The summed E-state index contributed by atoms with van der Waals surface area (Å²) < 4.78 is 14.0. The Morgan fingerprint density at radius 3 is 2.82 bits per heavy atom. The van der Waals surface area contributed by atoms with Crippen molar-refractivity contribution < 1.29 is 4.39 Å². The van der Waals surface area contributed by atoms with Crippen LogP contribution in [-0.2, 0) is 0 Å². The fourth-order valence-corrected chi connectivity index (χ4v) is 2.55. The number of benzene rings is 1. The Kier molecular flexibility index (Phi) is 4.41. The molecule has 1 aromatic carbocycles. The summed E-state index contributed by atoms with van der Waals surface area (Å²) in [4.78, 5) is 0. The number of halogens is 2. The zero-order chi connectivity index (χ0) is 12.3. The van der Waals surface area contributed by atoms with Crippen molar-refractivity contribution in [2.24, 2.45) is 5.92 Å². The summed E-state index contributed by atoms with van der Waals surface area (Å²) in [5, 5.41) is 3.68. The molecule has 0 spiro atoms. The van der Waals surface area contributed by atoms with Crippen molar-refractivity contribution in [2.45, 2.75) is 38.6 Å². The number of hydrogen-bond donors (Lipinski definition) is 1. The molecule has 94 valence electrons. The van der Waals surface area contributed by atoms with Crippen molar-refractivity contribution in [1.29, 1.82) is 0 Å². The molecule has 0 bridgehead atoms. The molecule has 0 aromatic heterocycles. The lowest BCUT2D eigenvalue weighted by Gasteiger charge is -2.35. The van der Waals surface area contributed by atoms with Crippen LogP contribution in [-0.4, -0.2) is 6.54 Å². The molecule has 17 heavy (non-hydrogen) atoms. The van der Waals surface area contributed by atoms with Crippen LogP contribution in [0, 0.1) is 11.7 Å². The summed E-state index contributed by atoms with van der Waals surface area (Å²) in [6.45, 7) is 3.05. The minimum absolute atomic E-state index is 0.127. The molecule has 0 amide bonds. The van der Waals surface area contributed by atoms with E-state index >= 15 is 0 Å². The van der Waals surface area contributed by atoms with E-state index in [2.05, 4.69) is 12.2 Å². The van der Waals surface area contributed by atoms with Gasteiger partial charge in [-0.05, 0) is 37.8 Å². The van der Waals surface area contributed by atoms with E-state index < -0.39 is 0 Å². The van der Waals surface area contributed by atoms with E-state index in [1.54, 1.807) is 6.07 Å². The van der Waals surface area contributed by atoms with Crippen LogP contribution in [0.25, 0.3) is 0 Å². The topological polar surface area (TPSA) is 12.0 Å². The maximum absolute atomic E-state index is 14.0. The first kappa shape index (κ1) is 12.8. The maximum Gasteiger partial charge on any atom is 0.146 e. The van der Waals surface area contributed by atoms with Crippen molar-refractivity contribution >= 4 is 11.6 Å². The second-order valence-corrected chi connectivity index (χ2v) is 5.17. The normalized spacial score (nSPS) is 17.8. The molecule has 1 saturated carbocycles. The van der Waals surface area contributed by atoms with Crippen molar-refractivity contribution in [3.8, 4) is 0 Å². The van der Waals surface area contributed by atoms with E-state index in [0.717, 1.165) is 18.5 Å². The van der Waals surface area contributed by atoms with Gasteiger partial charge in [0.2, 0.25) is 0 Å². The quantitative estimate of drug-likeness (QED) is 0.826. The Labute approximate surface area is 107 Å². The molecule has 1 atom stereocenters. The lowest BCUT2D eigenvalue weighted by Crippen LogP contribution is -2.33. The molecular weight excluding hydrogens is 237 g/mol. The third kappa shape index (κ3) is 2.80. The third-order valence-corrected chi connectivity index (χ3v) is 3.84. The molecule has 1 N–H and O–H groups in total. The molecule has 1 nitrogen and oxygen atoms in total. The molecule has 1 unspecified atom stereocenters. The second-order valence-electron chi connectivity index (χ2n) is 4.77. The summed E-state index contributed by atoms with van der Waals surface area (Å²) in [6, 6.07) is 5.42. The van der Waals surface area contributed by atoms with E-state index in [-0.39, 0.29) is 16.9 Å². The lowest BCUT2D eigenvalue weighted by atomic mass is 9.77. The molecule has 2 rings (SSSR count). The van der Waals surface area contributed by atoms with Gasteiger partial charge in [0.05, 0.1) is 5.02 Å². The minimum atomic E-state index is -0.255. The molecule has 0 saturated heterocycles. The average molecular weight is 256 g/mol. The fraction of sp³-hybridized carbons (Fsp3) is 0.571. The van der Waals surface area contributed by atoms with E-state index in [0.29, 0.717) is 5.92 Å². The zero-order valence-corrected chi connectivity index (χ0v) is 10.9. The molecular formula is C14H19ClFN. The Bertz CT molecular complexity index is 376. The van der Waals surface area contributed by atoms with Gasteiger partial charge in [-0.25, -0.2) is 4.39 Å². The summed E-state index contributed by atoms with van der Waals surface area (Å²) in [5.74, 6) is 0.309. The second kappa shape index (κ2) is 5.83. The molecule has 0 radical (unpaired) electrons. The number of hydrogen-bond acceptors (Lipinski definition) is 1. The van der Waals surface area contributed by atoms with Crippen LogP contribution in [0.4, 0.5) is 4.39 Å². The van der Waals surface area contributed by atoms with Gasteiger partial charge in [-0.2, -0.15) is 0 Å². The molecule has 0 aliphatic heterocycles. The zero-order valence-electron chi connectivity index (χ0n) is 10.2. The van der Waals surface area contributed by atoms with Gasteiger partial charge in [0, 0.05) is 11.6 Å². The summed E-state index contributed by atoms with van der Waals surface area (Å²) >= 11 is 5.86. The molecule has 3 heteroatoms. The van der Waals surface area contributed by atoms with Gasteiger partial charge < -0.3 is 5.32 Å². The Balaban J connectivity index is 2.21. The van der Waals surface area contributed by atoms with Gasteiger partial charge in [-0.1, -0.05) is 37.1 Å². The summed E-state index contributed by atoms with van der Waals surface area (Å²) in [7, 11) is 0. The minimum Gasteiger partial charge on any atom is -0.310 e. The van der Waals surface area contributed by atoms with Crippen LogP contribution in [0.15, 0.2) is 18.2 Å². The van der Waals surface area contributed by atoms with Gasteiger partial charge in [-0.3, -0.25) is 0 Å². The first-order chi connectivity index (χ1) is 8.24. The Morgan fingerprint density at radius 2 is 2.24 bits per heavy atom. The van der Waals surface area contributed by atoms with Gasteiger partial charge >= 0.3 is 0 Å². The monoisotopic (exact) mass is 255 g/mol. The molecule has 1 aromatic rings. The summed E-state index contributed by atoms with van der Waals surface area (Å²) in [5.41, 5.74) is 0.732. The van der Waals surface area contributed by atoms with Crippen molar-refractivity contribution in [3.63, 3.8) is 0 Å². The van der Waals surface area contributed by atoms with E-state index in [4.69, 9.17) is 11.6 Å². The predicted molar refractivity (Wildman–Crippen MR) is 69.8 cm³/mol. The largest absolute Gasteiger partial charge is 0.310 e. The predicted octanol–water partition coefficient (Wildman–Crippen LogP) is 4.32. The summed E-state index contributed by atoms with van der Waals surface area (Å²) in [6.07, 6.45) is 4.70. The van der Waals surface area contributed by atoms with Gasteiger partial charge in [0.15, 0.2) is 0 Å². The molecule has 1 aliphatic carbocycles. The average Bonchev–Trinajstić information content (AvgIpc) is 2.26. The fourth-order valence-electron chi connectivity index (χ4n) is 2.36. The molecule has 0 heterocycles. The Morgan fingerprint density at radius 1 is 1.47 bits per heavy atom. The van der Waals surface area contributed by atoms with Crippen molar-refractivity contribution in [2.75, 3.05) is 6.54 Å². The highest BCUT2D eigenvalue weighted by atomic mass is 35.5. The highest BCUT2D eigenvalue weighted by Gasteiger charge is 2.30. The van der Waals surface area contributed by atoms with Gasteiger partial charge in [-0.15, -0.1) is 0 Å². The lowest BCUT2D eigenvalue weighted by molar-refractivity contribution is 0.227. The maximum atomic E-state index is 14.0. The first-order valence-corrected chi connectivity index (χ1v) is 6.79. The first-order valence-electron chi connectivity index (χ1n) is 6.41. The molecule has 1 fully saturated rings. The smallest absolute Gasteiger partial charge is 0.146 e. The van der Waals surface area contributed by atoms with Crippen LogP contribution >= 0.6 is 11.6 Å². The van der Waals surface area contributed by atoms with Crippen molar-refractivity contribution in [1.82, 2.24) is 5.32 Å². The van der Waals surface area contributed by atoms with Crippen LogP contribution in [0.1, 0.15) is 44.2 Å². The Hall–Kier alpha value is -0.600. The highest BCUT2D eigenvalue weighted by molar-refractivity contribution is 6.30. The third-order valence-electron chi connectivity index (χ3n) is 3.55. The van der Waals surface area contributed by atoms with Crippen LogP contribution in [0.3, 0.4) is 0 Å². The standard InChI is InChI=1S/C14H19ClFN/c1-2-9-17-14(10-5-3-6-10)11-7-4-8-12(15)13(11)16/h4,7-8,10,14,17H,2-3,5-6,9H2,1H3. The number of rotatable bonds is 5. The van der Waals surface area contributed by atoms with Crippen LogP contribution < -0.4 is 5.32 Å². The SMILES string of the molecule is CCCNC(c1cccc(Cl)c1F)C1CCC1. The van der Waals surface area contributed by atoms with E-state index in [1.807, 2.05) is 12.1 Å². The number of nitrogens with one attached hydrogen (secondary N) is 1. The van der Waals surface area contributed by atoms with E-state index in [1.165, 1.54) is 19.3 Å². The van der Waals surface area contributed by atoms with Gasteiger partial charge in [0.1, 0.15) is 5.82 Å². The molecule has 1 aliphatic rings. The van der Waals surface area contributed by atoms with Crippen LogP contribution in [0.2, 0.25) is 5.02 Å². The van der Waals surface area contributed by atoms with Gasteiger partial charge in [0.25, 0.3) is 0 Å². The van der Waals surface area contributed by atoms with Crippen molar-refractivity contribution in [3.05, 3.63) is 34.6 Å². The van der Waals surface area contributed by atoms with Crippen LogP contribution in [0.5, 0.6) is 0 Å². The van der Waals surface area contributed by atoms with E-state index in [9.17, 15) is 4.39 Å². The highest BCUT2D eigenvalue weighted by Crippen LogP contribution is 2.39.